The fraction of sp³-hybridized carbons (Fsp3) is 0.838. The summed E-state index contributed by atoms with van der Waals surface area (Å²) in [6.07, 6.45) is 0.192. The topological polar surface area (TPSA) is 311 Å². The summed E-state index contributed by atoms with van der Waals surface area (Å²) in [7, 11) is 3.06. The average molecular weight is 1400 g/mol. The van der Waals surface area contributed by atoms with Crippen LogP contribution < -0.4 is 21.3 Å². The van der Waals surface area contributed by atoms with Gasteiger partial charge in [0.15, 0.2) is 8.32 Å². The lowest BCUT2D eigenvalue weighted by molar-refractivity contribution is -0.157. The summed E-state index contributed by atoms with van der Waals surface area (Å²) in [6, 6.07) is -14.0. The molecule has 0 aromatic rings. The number of carbonyl (C=O) groups is 11. The van der Waals surface area contributed by atoms with Crippen molar-refractivity contribution in [3.8, 4) is 0 Å². The van der Waals surface area contributed by atoms with Gasteiger partial charge in [-0.1, -0.05) is 118 Å². The first-order valence-corrected chi connectivity index (χ1v) is 39.1. The van der Waals surface area contributed by atoms with Gasteiger partial charge in [0.25, 0.3) is 10.1 Å². The van der Waals surface area contributed by atoms with Gasteiger partial charge in [0.2, 0.25) is 65.0 Å². The zero-order valence-electron chi connectivity index (χ0n) is 64.1. The van der Waals surface area contributed by atoms with E-state index < -0.39 is 179 Å². The maximum absolute atomic E-state index is 15.8. The van der Waals surface area contributed by atoms with Crippen LogP contribution in [0.15, 0.2) is 0 Å². The van der Waals surface area contributed by atoms with E-state index >= 15 is 19.2 Å². The number of nitrogens with one attached hydrogen (secondary N) is 4. The highest BCUT2D eigenvalue weighted by molar-refractivity contribution is 7.86. The Hall–Kier alpha value is -5.74. The van der Waals surface area contributed by atoms with E-state index in [1.807, 2.05) is 89.3 Å². The van der Waals surface area contributed by atoms with Crippen LogP contribution in [0.2, 0.25) is 18.1 Å². The van der Waals surface area contributed by atoms with E-state index in [2.05, 4.69) is 21.3 Å². The Balaban J connectivity index is 4.66. The molecule has 0 saturated carbocycles. The molecule has 1 fully saturated rings. The zero-order chi connectivity index (χ0) is 75.1. The molecule has 1 heterocycles. The molecule has 28 heteroatoms. The van der Waals surface area contributed by atoms with Crippen LogP contribution in [0, 0.1) is 41.4 Å². The highest BCUT2D eigenvalue weighted by Gasteiger charge is 2.50. The Bertz CT molecular complexity index is 2790. The Labute approximate surface area is 577 Å². The molecule has 13 atom stereocenters. The first kappa shape index (κ1) is 88.3. The number of nitrogens with zero attached hydrogens (tertiary/aromatic N) is 7. The molecular formula is C68H127N11O15SSi. The van der Waals surface area contributed by atoms with Crippen molar-refractivity contribution in [2.45, 2.75) is 268 Å². The van der Waals surface area contributed by atoms with Crippen LogP contribution >= 0.6 is 0 Å². The predicted octanol–water partition coefficient (Wildman–Crippen LogP) is 5.09. The molecule has 11 amide bonds. The molecule has 0 aromatic heterocycles. The lowest BCUT2D eigenvalue weighted by atomic mass is 9.91. The SMILES string of the molecule is CC[C@H]1NC(=O)[C@@H]([C@H](O[Si](C)(C)C(C)(C)C)[C@H](C)CCOS(C)(=O)=O)N(C)C(=O)[C@@H](C(C)C)N(C)C(=O)[C@@H](CC(C)C)N(C)C(=O)[C@@H](CC(C)C)N(C)C(=O)[C@H](C)NC(=O)[C@@H](C)NC(=O)[C@@H](CC(C)C)N(C)C(=O)[C@@H](C(C)C)NC(=O)[C@H](CC(C)C)N(C)C(=O)[C@@H](C)N(C)C1=O. The van der Waals surface area contributed by atoms with Gasteiger partial charge < -0.3 is 60.0 Å². The van der Waals surface area contributed by atoms with E-state index in [9.17, 15) is 42.0 Å². The van der Waals surface area contributed by atoms with Gasteiger partial charge >= 0.3 is 0 Å². The fourth-order valence-corrected chi connectivity index (χ4v) is 13.4. The van der Waals surface area contributed by atoms with Crippen molar-refractivity contribution in [2.24, 2.45) is 41.4 Å². The summed E-state index contributed by atoms with van der Waals surface area (Å²) in [4.78, 5) is 173. The second-order valence-electron chi connectivity index (χ2n) is 30.8. The third kappa shape index (κ3) is 24.6. The van der Waals surface area contributed by atoms with E-state index in [1.54, 1.807) is 41.5 Å². The Morgan fingerprint density at radius 3 is 1.27 bits per heavy atom. The van der Waals surface area contributed by atoms with Crippen LogP contribution in [0.5, 0.6) is 0 Å². The average Bonchev–Trinajstić information content (AvgIpc) is 0.794. The van der Waals surface area contributed by atoms with Gasteiger partial charge in [-0.15, -0.1) is 0 Å². The summed E-state index contributed by atoms with van der Waals surface area (Å²) in [5.74, 6) is -10.2. The van der Waals surface area contributed by atoms with Crippen LogP contribution in [0.25, 0.3) is 0 Å². The lowest BCUT2D eigenvalue weighted by Gasteiger charge is -2.46. The quantitative estimate of drug-likeness (QED) is 0.0967. The van der Waals surface area contributed by atoms with Crippen molar-refractivity contribution in [1.82, 2.24) is 55.6 Å². The summed E-state index contributed by atoms with van der Waals surface area (Å²) in [5, 5.41) is 10.7. The number of hydrogen-bond donors (Lipinski definition) is 4. The molecule has 1 aliphatic rings. The first-order valence-electron chi connectivity index (χ1n) is 34.3. The fourth-order valence-electron chi connectivity index (χ4n) is 11.6. The van der Waals surface area contributed by atoms with Gasteiger partial charge in [0.1, 0.15) is 66.5 Å². The molecule has 1 saturated heterocycles. The van der Waals surface area contributed by atoms with Crippen molar-refractivity contribution in [3.05, 3.63) is 0 Å². The molecule has 1 aliphatic heterocycles. The van der Waals surface area contributed by atoms with Gasteiger partial charge in [-0.25, -0.2) is 0 Å². The maximum atomic E-state index is 15.8. The van der Waals surface area contributed by atoms with Crippen LogP contribution in [0.1, 0.15) is 177 Å². The summed E-state index contributed by atoms with van der Waals surface area (Å²) in [5.41, 5.74) is 0. The molecular weight excluding hydrogens is 1270 g/mol. The monoisotopic (exact) mass is 1400 g/mol. The smallest absolute Gasteiger partial charge is 0.264 e. The molecule has 96 heavy (non-hydrogen) atoms. The van der Waals surface area contributed by atoms with Crippen molar-refractivity contribution in [2.75, 3.05) is 62.2 Å². The van der Waals surface area contributed by atoms with E-state index in [4.69, 9.17) is 8.61 Å². The standard InChI is InChI=1S/C68H127N11O15SSi/c1-31-48-63(86)73(21)47(17)62(85)74(22)50(35-39(4)5)59(82)72-53(42(10)11)66(89)75(23)49(34-38(2)3)58(81)69-45(15)57(80)70-46(16)61(84)76(24)51(36-40(6)7)64(87)77(25)52(37-41(8)9)65(88)78(26)54(43(12)13)67(90)79(27)55(60(83)71-48)56(94-96(29,30)68(18,19)20)44(14)32-33-93-95(28,91)92/h38-56H,31-37H2,1-30H3,(H,69,81)(H,70,80)(H,71,83)(H,72,82)/t44-,45-,46+,47-,48-,49-,50+,51-,52-,53-,54-,55-,56-/m1/s1. The summed E-state index contributed by atoms with van der Waals surface area (Å²) in [6.45, 7) is 39.1. The van der Waals surface area contributed by atoms with E-state index in [0.717, 1.165) is 11.2 Å². The lowest BCUT2D eigenvalue weighted by Crippen LogP contribution is -2.65. The summed E-state index contributed by atoms with van der Waals surface area (Å²) >= 11 is 0. The van der Waals surface area contributed by atoms with Crippen LogP contribution in [0.4, 0.5) is 0 Å². The Kier molecular flexibility index (Phi) is 34.4. The van der Waals surface area contributed by atoms with E-state index in [1.165, 1.54) is 99.5 Å². The Morgan fingerprint density at radius 2 is 0.854 bits per heavy atom. The minimum atomic E-state index is -3.94. The minimum absolute atomic E-state index is 0.0112. The predicted molar refractivity (Wildman–Crippen MR) is 375 cm³/mol. The maximum Gasteiger partial charge on any atom is 0.264 e. The molecule has 0 aliphatic carbocycles. The first-order chi connectivity index (χ1) is 43.7. The molecule has 0 spiro atoms. The summed E-state index contributed by atoms with van der Waals surface area (Å²) < 4.78 is 37.1. The molecule has 0 aromatic carbocycles. The number of likely N-dealkylation sites (N-methyl/N-ethyl adjacent to an activating group) is 7. The van der Waals surface area contributed by atoms with Crippen LogP contribution in [0.3, 0.4) is 0 Å². The highest BCUT2D eigenvalue weighted by atomic mass is 32.2. The van der Waals surface area contributed by atoms with E-state index in [0.29, 0.717) is 0 Å². The number of carbonyl (C=O) groups excluding carboxylic acids is 11. The minimum Gasteiger partial charge on any atom is -0.411 e. The van der Waals surface area contributed by atoms with Crippen LogP contribution in [-0.4, -0.2) is 251 Å². The molecule has 0 radical (unpaired) electrons. The van der Waals surface area contributed by atoms with Crippen LogP contribution in [-0.2, 0) is 71.5 Å². The van der Waals surface area contributed by atoms with Gasteiger partial charge in [0, 0.05) is 49.3 Å². The largest absolute Gasteiger partial charge is 0.411 e. The second kappa shape index (κ2) is 37.4. The van der Waals surface area contributed by atoms with Crippen molar-refractivity contribution >= 4 is 83.4 Å². The van der Waals surface area contributed by atoms with Gasteiger partial charge in [-0.3, -0.25) is 56.9 Å². The zero-order valence-corrected chi connectivity index (χ0v) is 65.9. The number of amides is 11. The molecule has 0 unspecified atom stereocenters. The number of hydrogen-bond acceptors (Lipinski definition) is 15. The second-order valence-corrected chi connectivity index (χ2v) is 37.2. The molecule has 1 rings (SSSR count). The number of rotatable bonds is 19. The molecule has 26 nitrogen and oxygen atoms in total. The van der Waals surface area contributed by atoms with Crippen molar-refractivity contribution in [1.29, 1.82) is 0 Å². The highest BCUT2D eigenvalue weighted by Crippen LogP contribution is 2.40. The van der Waals surface area contributed by atoms with Gasteiger partial charge in [0.05, 0.1) is 19.0 Å². The third-order valence-corrected chi connectivity index (χ3v) is 24.0. The van der Waals surface area contributed by atoms with Gasteiger partial charge in [-0.2, -0.15) is 8.42 Å². The van der Waals surface area contributed by atoms with Crippen molar-refractivity contribution in [3.63, 3.8) is 0 Å². The Morgan fingerprint density at radius 1 is 0.458 bits per heavy atom. The van der Waals surface area contributed by atoms with Gasteiger partial charge in [-0.05, 0) is 119 Å². The molecule has 4 N–H and O–H groups in total. The van der Waals surface area contributed by atoms with Crippen molar-refractivity contribution < 1.29 is 69.8 Å². The third-order valence-electron chi connectivity index (χ3n) is 18.9. The van der Waals surface area contributed by atoms with E-state index in [-0.39, 0.29) is 68.8 Å². The molecule has 0 bridgehead atoms. The molecule has 554 valence electrons. The normalized spacial score (nSPS) is 26.4.